The number of benzene rings is 1. The van der Waals surface area contributed by atoms with E-state index in [1.807, 2.05) is 0 Å². The predicted octanol–water partition coefficient (Wildman–Crippen LogP) is 2.16. The van der Waals surface area contributed by atoms with Gasteiger partial charge in [0.25, 0.3) is 0 Å². The zero-order valence-corrected chi connectivity index (χ0v) is 14.0. The summed E-state index contributed by atoms with van der Waals surface area (Å²) < 4.78 is 0. The van der Waals surface area contributed by atoms with Crippen LogP contribution in [0.2, 0.25) is 0 Å². The lowest BCUT2D eigenvalue weighted by Gasteiger charge is -2.33. The molecule has 0 saturated carbocycles. The summed E-state index contributed by atoms with van der Waals surface area (Å²) in [6.45, 7) is 5.30. The Bertz CT molecular complexity index is 485. The van der Waals surface area contributed by atoms with Crippen LogP contribution in [0, 0.1) is 5.92 Å². The molecule has 1 amide bonds. The highest BCUT2D eigenvalue weighted by atomic mass is 16.1. The maximum absolute atomic E-state index is 12.2. The van der Waals surface area contributed by atoms with Gasteiger partial charge in [0, 0.05) is 25.6 Å². The van der Waals surface area contributed by atoms with Crippen LogP contribution in [-0.4, -0.2) is 43.0 Å². The molecular weight excluding hydrogens is 286 g/mol. The molecule has 2 atom stereocenters. The summed E-state index contributed by atoms with van der Waals surface area (Å²) in [6.07, 6.45) is 5.22. The Morgan fingerprint density at radius 1 is 1.26 bits per heavy atom. The minimum atomic E-state index is 0.239. The van der Waals surface area contributed by atoms with E-state index in [0.29, 0.717) is 18.4 Å². The third-order valence-corrected chi connectivity index (χ3v) is 5.06. The van der Waals surface area contributed by atoms with Crippen molar-refractivity contribution in [1.29, 1.82) is 0 Å². The van der Waals surface area contributed by atoms with Gasteiger partial charge in [-0.1, -0.05) is 30.3 Å². The highest BCUT2D eigenvalue weighted by Crippen LogP contribution is 2.16. The molecule has 2 fully saturated rings. The molecule has 2 unspecified atom stereocenters. The first-order valence-corrected chi connectivity index (χ1v) is 9.06. The largest absolute Gasteiger partial charge is 0.352 e. The van der Waals surface area contributed by atoms with Crippen LogP contribution in [0.4, 0.5) is 0 Å². The number of rotatable bonds is 6. The van der Waals surface area contributed by atoms with Gasteiger partial charge in [0.2, 0.25) is 5.91 Å². The number of piperidine rings is 1. The molecular formula is C19H29N3O. The molecule has 2 heterocycles. The van der Waals surface area contributed by atoms with E-state index in [2.05, 4.69) is 45.9 Å². The van der Waals surface area contributed by atoms with E-state index in [1.165, 1.54) is 18.4 Å². The van der Waals surface area contributed by atoms with Gasteiger partial charge >= 0.3 is 0 Å². The first-order chi connectivity index (χ1) is 11.3. The van der Waals surface area contributed by atoms with Crippen molar-refractivity contribution in [2.75, 3.05) is 26.2 Å². The third kappa shape index (κ3) is 5.33. The van der Waals surface area contributed by atoms with E-state index in [9.17, 15) is 4.79 Å². The van der Waals surface area contributed by atoms with Crippen LogP contribution < -0.4 is 10.6 Å². The fraction of sp³-hybridized carbons (Fsp3) is 0.632. The van der Waals surface area contributed by atoms with Gasteiger partial charge in [0.1, 0.15) is 0 Å². The van der Waals surface area contributed by atoms with Crippen LogP contribution in [0.1, 0.15) is 37.7 Å². The second kappa shape index (κ2) is 8.46. The van der Waals surface area contributed by atoms with Crippen LogP contribution in [-0.2, 0) is 11.3 Å². The highest BCUT2D eigenvalue weighted by molar-refractivity contribution is 5.76. The zero-order chi connectivity index (χ0) is 15.9. The molecule has 2 aliphatic rings. The van der Waals surface area contributed by atoms with Crippen molar-refractivity contribution < 1.29 is 4.79 Å². The van der Waals surface area contributed by atoms with Gasteiger partial charge in [0.05, 0.1) is 0 Å². The molecule has 1 aromatic carbocycles. The Hall–Kier alpha value is -1.39. The fourth-order valence-corrected chi connectivity index (χ4v) is 3.75. The average molecular weight is 315 g/mol. The lowest BCUT2D eigenvalue weighted by atomic mass is 10.0. The van der Waals surface area contributed by atoms with Crippen molar-refractivity contribution in [3.63, 3.8) is 0 Å². The summed E-state index contributed by atoms with van der Waals surface area (Å²) in [4.78, 5) is 14.6. The lowest BCUT2D eigenvalue weighted by molar-refractivity contribution is -0.122. The number of nitrogens with one attached hydrogen (secondary N) is 2. The standard InChI is InChI=1S/C19H29N3O/c23-19(9-8-16-10-11-20-13-16)21-18-7-4-12-22(15-18)14-17-5-2-1-3-6-17/h1-3,5-6,16,18,20H,4,7-15H2,(H,21,23). The van der Waals surface area contributed by atoms with E-state index in [1.54, 1.807) is 0 Å². The van der Waals surface area contributed by atoms with Crippen molar-refractivity contribution in [3.8, 4) is 0 Å². The molecule has 126 valence electrons. The molecule has 0 aromatic heterocycles. The summed E-state index contributed by atoms with van der Waals surface area (Å²) in [5, 5.41) is 6.63. The van der Waals surface area contributed by atoms with Gasteiger partial charge in [-0.15, -0.1) is 0 Å². The summed E-state index contributed by atoms with van der Waals surface area (Å²) in [5.74, 6) is 0.935. The van der Waals surface area contributed by atoms with Crippen LogP contribution in [0.25, 0.3) is 0 Å². The van der Waals surface area contributed by atoms with Crippen molar-refractivity contribution >= 4 is 5.91 Å². The number of likely N-dealkylation sites (tertiary alicyclic amines) is 1. The van der Waals surface area contributed by atoms with Gasteiger partial charge in [-0.25, -0.2) is 0 Å². The third-order valence-electron chi connectivity index (χ3n) is 5.06. The molecule has 4 heteroatoms. The number of carbonyl (C=O) groups excluding carboxylic acids is 1. The SMILES string of the molecule is O=C(CCC1CCNC1)NC1CCCN(Cc2ccccc2)C1. The zero-order valence-electron chi connectivity index (χ0n) is 14.0. The summed E-state index contributed by atoms with van der Waals surface area (Å²) in [6, 6.07) is 10.9. The van der Waals surface area contributed by atoms with Crippen molar-refractivity contribution in [2.24, 2.45) is 5.92 Å². The van der Waals surface area contributed by atoms with E-state index < -0.39 is 0 Å². The van der Waals surface area contributed by atoms with Crippen molar-refractivity contribution in [3.05, 3.63) is 35.9 Å². The van der Waals surface area contributed by atoms with Gasteiger partial charge in [-0.3, -0.25) is 9.69 Å². The van der Waals surface area contributed by atoms with Gasteiger partial charge in [-0.2, -0.15) is 0 Å². The monoisotopic (exact) mass is 315 g/mol. The van der Waals surface area contributed by atoms with Crippen LogP contribution in [0.5, 0.6) is 0 Å². The average Bonchev–Trinajstić information content (AvgIpc) is 3.08. The van der Waals surface area contributed by atoms with Gasteiger partial charge in [-0.05, 0) is 56.8 Å². The molecule has 0 radical (unpaired) electrons. The van der Waals surface area contributed by atoms with Crippen LogP contribution >= 0.6 is 0 Å². The summed E-state index contributed by atoms with van der Waals surface area (Å²) >= 11 is 0. The van der Waals surface area contributed by atoms with Crippen LogP contribution in [0.3, 0.4) is 0 Å². The quantitative estimate of drug-likeness (QED) is 0.845. The molecule has 0 aliphatic carbocycles. The molecule has 0 bridgehead atoms. The van der Waals surface area contributed by atoms with E-state index in [0.717, 1.165) is 45.6 Å². The number of amides is 1. The van der Waals surface area contributed by atoms with E-state index in [-0.39, 0.29) is 5.91 Å². The molecule has 2 saturated heterocycles. The summed E-state index contributed by atoms with van der Waals surface area (Å²) in [7, 11) is 0. The van der Waals surface area contributed by atoms with Crippen molar-refractivity contribution in [1.82, 2.24) is 15.5 Å². The Balaban J connectivity index is 1.40. The second-order valence-electron chi connectivity index (χ2n) is 7.02. The Labute approximate surface area is 139 Å². The van der Waals surface area contributed by atoms with Gasteiger partial charge in [0.15, 0.2) is 0 Å². The highest BCUT2D eigenvalue weighted by Gasteiger charge is 2.22. The maximum atomic E-state index is 12.2. The molecule has 23 heavy (non-hydrogen) atoms. The topological polar surface area (TPSA) is 44.4 Å². The Kier molecular flexibility index (Phi) is 6.06. The number of carbonyl (C=O) groups is 1. The Morgan fingerprint density at radius 3 is 2.91 bits per heavy atom. The molecule has 3 rings (SSSR count). The number of hydrogen-bond acceptors (Lipinski definition) is 3. The minimum Gasteiger partial charge on any atom is -0.352 e. The summed E-state index contributed by atoms with van der Waals surface area (Å²) in [5.41, 5.74) is 1.35. The van der Waals surface area contributed by atoms with E-state index >= 15 is 0 Å². The number of nitrogens with zero attached hydrogens (tertiary/aromatic N) is 1. The lowest BCUT2D eigenvalue weighted by Crippen LogP contribution is -2.47. The van der Waals surface area contributed by atoms with Crippen LogP contribution in [0.15, 0.2) is 30.3 Å². The first-order valence-electron chi connectivity index (χ1n) is 9.06. The first kappa shape index (κ1) is 16.5. The molecule has 2 N–H and O–H groups in total. The smallest absolute Gasteiger partial charge is 0.220 e. The fourth-order valence-electron chi connectivity index (χ4n) is 3.75. The van der Waals surface area contributed by atoms with E-state index in [4.69, 9.17) is 0 Å². The normalized spacial score (nSPS) is 25.4. The number of hydrogen-bond donors (Lipinski definition) is 2. The van der Waals surface area contributed by atoms with Gasteiger partial charge < -0.3 is 10.6 Å². The maximum Gasteiger partial charge on any atom is 0.220 e. The molecule has 1 aromatic rings. The van der Waals surface area contributed by atoms with Crippen molar-refractivity contribution in [2.45, 2.75) is 44.7 Å². The second-order valence-corrected chi connectivity index (χ2v) is 7.02. The molecule has 4 nitrogen and oxygen atoms in total. The minimum absolute atomic E-state index is 0.239. The Morgan fingerprint density at radius 2 is 2.13 bits per heavy atom. The molecule has 2 aliphatic heterocycles. The predicted molar refractivity (Wildman–Crippen MR) is 93.1 cm³/mol. The molecule has 0 spiro atoms.